The van der Waals surface area contributed by atoms with Gasteiger partial charge in [0.15, 0.2) is 0 Å². The lowest BCUT2D eigenvalue weighted by molar-refractivity contribution is -0.157. The normalized spacial score (nSPS) is 28.1. The van der Waals surface area contributed by atoms with Crippen LogP contribution in [-0.4, -0.2) is 32.3 Å². The lowest BCUT2D eigenvalue weighted by atomic mass is 9.60. The monoisotopic (exact) mass is 376 g/mol. The van der Waals surface area contributed by atoms with Crippen molar-refractivity contribution in [1.82, 2.24) is 0 Å². The van der Waals surface area contributed by atoms with Crippen molar-refractivity contribution in [3.63, 3.8) is 0 Å². The second-order valence-corrected chi connectivity index (χ2v) is 7.44. The highest BCUT2D eigenvalue weighted by molar-refractivity contribution is 5.88. The van der Waals surface area contributed by atoms with Crippen molar-refractivity contribution in [2.75, 3.05) is 20.3 Å². The molecule has 0 saturated carbocycles. The average Bonchev–Trinajstić information content (AvgIpc) is 3.22. The maximum atomic E-state index is 13.1. The number of para-hydroxylation sites is 1. The molecule has 0 spiro atoms. The number of hydrogen-bond acceptors (Lipinski definition) is 5. The third-order valence-corrected chi connectivity index (χ3v) is 6.15. The van der Waals surface area contributed by atoms with Gasteiger partial charge in [0.05, 0.1) is 32.2 Å². The van der Waals surface area contributed by atoms with Gasteiger partial charge in [-0.05, 0) is 22.8 Å². The summed E-state index contributed by atoms with van der Waals surface area (Å²) in [4.78, 5) is 26.1. The van der Waals surface area contributed by atoms with Crippen LogP contribution in [0.25, 0.3) is 0 Å². The minimum atomic E-state index is -0.654. The third kappa shape index (κ3) is 2.43. The minimum Gasteiger partial charge on any atom is -0.469 e. The van der Waals surface area contributed by atoms with Gasteiger partial charge in [-0.15, -0.1) is 0 Å². The second kappa shape index (κ2) is 6.60. The molecule has 5 nitrogen and oxygen atoms in total. The van der Waals surface area contributed by atoms with Gasteiger partial charge >= 0.3 is 11.9 Å². The Bertz CT molecular complexity index is 977. The summed E-state index contributed by atoms with van der Waals surface area (Å²) in [7, 11) is 1.37. The van der Waals surface area contributed by atoms with Gasteiger partial charge in [0.2, 0.25) is 0 Å². The second-order valence-electron chi connectivity index (χ2n) is 7.44. The van der Waals surface area contributed by atoms with Crippen LogP contribution in [0.2, 0.25) is 0 Å². The number of hydrogen-bond donors (Lipinski definition) is 0. The standard InChI is InChI=1S/C23H20O5/c1-26-22(24)20-18(13-7-3-2-4-8-13)15-11-27-12-16(15)19-14-9-5-6-10-17(14)28-23(25)21(19)20/h2-10,18-21H,11-12H2,1H3/t18-,19+,20-,21+/m0/s1. The molecular formula is C23H20O5. The van der Waals surface area contributed by atoms with E-state index in [1.807, 2.05) is 48.5 Å². The van der Waals surface area contributed by atoms with Crippen LogP contribution >= 0.6 is 0 Å². The van der Waals surface area contributed by atoms with Crippen LogP contribution in [0, 0.1) is 11.8 Å². The molecule has 0 bridgehead atoms. The average molecular weight is 376 g/mol. The van der Waals surface area contributed by atoms with E-state index in [0.717, 1.165) is 22.3 Å². The Balaban J connectivity index is 1.76. The summed E-state index contributed by atoms with van der Waals surface area (Å²) in [6.45, 7) is 0.929. The number of rotatable bonds is 2. The smallest absolute Gasteiger partial charge is 0.316 e. The van der Waals surface area contributed by atoms with Gasteiger partial charge in [-0.3, -0.25) is 9.59 Å². The van der Waals surface area contributed by atoms with E-state index in [4.69, 9.17) is 14.2 Å². The van der Waals surface area contributed by atoms with Gasteiger partial charge < -0.3 is 14.2 Å². The largest absolute Gasteiger partial charge is 0.469 e. The van der Waals surface area contributed by atoms with Crippen molar-refractivity contribution in [1.29, 1.82) is 0 Å². The first-order valence-corrected chi connectivity index (χ1v) is 9.43. The Hall–Kier alpha value is -2.92. The number of carbonyl (C=O) groups excluding carboxylic acids is 2. The lowest BCUT2D eigenvalue weighted by Gasteiger charge is -2.43. The van der Waals surface area contributed by atoms with Crippen molar-refractivity contribution < 1.29 is 23.8 Å². The van der Waals surface area contributed by atoms with Gasteiger partial charge in [-0.2, -0.15) is 0 Å². The van der Waals surface area contributed by atoms with Gasteiger partial charge in [-0.25, -0.2) is 0 Å². The maximum Gasteiger partial charge on any atom is 0.316 e. The first-order chi connectivity index (χ1) is 13.7. The SMILES string of the molecule is COC(=O)[C@@H]1[C@@H]2C(=O)Oc3ccccc3[C@@H]2C2=C(COC2)[C@@H]1c1ccccc1. The van der Waals surface area contributed by atoms with Gasteiger partial charge in [0, 0.05) is 17.4 Å². The van der Waals surface area contributed by atoms with Crippen molar-refractivity contribution in [3.8, 4) is 5.75 Å². The van der Waals surface area contributed by atoms with Crippen LogP contribution in [-0.2, 0) is 19.1 Å². The van der Waals surface area contributed by atoms with E-state index < -0.39 is 17.8 Å². The van der Waals surface area contributed by atoms with E-state index in [1.165, 1.54) is 7.11 Å². The van der Waals surface area contributed by atoms with Gasteiger partial charge in [0.1, 0.15) is 5.75 Å². The van der Waals surface area contributed by atoms with Crippen molar-refractivity contribution in [3.05, 3.63) is 76.9 Å². The van der Waals surface area contributed by atoms with E-state index in [0.29, 0.717) is 19.0 Å². The fourth-order valence-electron chi connectivity index (χ4n) is 5.04. The number of methoxy groups -OCH3 is 1. The molecule has 0 aromatic heterocycles. The summed E-state index contributed by atoms with van der Waals surface area (Å²) >= 11 is 0. The van der Waals surface area contributed by atoms with Crippen LogP contribution < -0.4 is 4.74 Å². The van der Waals surface area contributed by atoms with E-state index in [2.05, 4.69) is 0 Å². The van der Waals surface area contributed by atoms with Crippen LogP contribution in [0.5, 0.6) is 5.75 Å². The lowest BCUT2D eigenvalue weighted by Crippen LogP contribution is -2.47. The summed E-state index contributed by atoms with van der Waals surface area (Å²) < 4.78 is 16.6. The molecule has 5 rings (SSSR count). The van der Waals surface area contributed by atoms with Crippen molar-refractivity contribution in [2.45, 2.75) is 11.8 Å². The highest BCUT2D eigenvalue weighted by Crippen LogP contribution is 2.56. The van der Waals surface area contributed by atoms with E-state index in [9.17, 15) is 9.59 Å². The maximum absolute atomic E-state index is 13.1. The zero-order valence-corrected chi connectivity index (χ0v) is 15.5. The molecule has 4 atom stereocenters. The molecule has 0 fully saturated rings. The molecule has 2 aliphatic heterocycles. The Morgan fingerprint density at radius 2 is 1.64 bits per heavy atom. The summed E-state index contributed by atoms with van der Waals surface area (Å²) in [6, 6.07) is 17.4. The quantitative estimate of drug-likeness (QED) is 0.458. The molecule has 142 valence electrons. The van der Waals surface area contributed by atoms with Crippen LogP contribution in [0.1, 0.15) is 23.0 Å². The molecule has 0 unspecified atom stereocenters. The molecular weight excluding hydrogens is 356 g/mol. The Labute approximate surface area is 162 Å². The summed E-state index contributed by atoms with van der Waals surface area (Å²) in [6.07, 6.45) is 0. The molecule has 2 aromatic carbocycles. The predicted molar refractivity (Wildman–Crippen MR) is 101 cm³/mol. The number of ether oxygens (including phenoxy) is 3. The minimum absolute atomic E-state index is 0.223. The molecule has 0 amide bonds. The van der Waals surface area contributed by atoms with Crippen LogP contribution in [0.15, 0.2) is 65.7 Å². The summed E-state index contributed by atoms with van der Waals surface area (Å²) in [5, 5.41) is 0. The van der Waals surface area contributed by atoms with E-state index >= 15 is 0 Å². The molecule has 2 aromatic rings. The number of carbonyl (C=O) groups is 2. The van der Waals surface area contributed by atoms with Crippen LogP contribution in [0.3, 0.4) is 0 Å². The molecule has 5 heteroatoms. The molecule has 0 N–H and O–H groups in total. The fourth-order valence-corrected chi connectivity index (χ4v) is 5.04. The van der Waals surface area contributed by atoms with E-state index in [-0.39, 0.29) is 17.8 Å². The highest BCUT2D eigenvalue weighted by atomic mass is 16.5. The van der Waals surface area contributed by atoms with E-state index in [1.54, 1.807) is 6.07 Å². The first-order valence-electron chi connectivity index (χ1n) is 9.43. The number of benzene rings is 2. The van der Waals surface area contributed by atoms with Crippen molar-refractivity contribution >= 4 is 11.9 Å². The Morgan fingerprint density at radius 1 is 0.964 bits per heavy atom. The van der Waals surface area contributed by atoms with Gasteiger partial charge in [0.25, 0.3) is 0 Å². The van der Waals surface area contributed by atoms with Gasteiger partial charge in [-0.1, -0.05) is 48.5 Å². The molecule has 28 heavy (non-hydrogen) atoms. The zero-order chi connectivity index (χ0) is 19.3. The Kier molecular flexibility index (Phi) is 4.05. The Morgan fingerprint density at radius 3 is 2.39 bits per heavy atom. The highest BCUT2D eigenvalue weighted by Gasteiger charge is 2.56. The van der Waals surface area contributed by atoms with Crippen LogP contribution in [0.4, 0.5) is 0 Å². The number of esters is 2. The molecule has 0 saturated heterocycles. The molecule has 1 aliphatic carbocycles. The van der Waals surface area contributed by atoms with Crippen molar-refractivity contribution in [2.24, 2.45) is 11.8 Å². The first kappa shape index (κ1) is 17.2. The topological polar surface area (TPSA) is 61.8 Å². The molecule has 0 radical (unpaired) electrons. The summed E-state index contributed by atoms with van der Waals surface area (Å²) in [5.41, 5.74) is 4.11. The third-order valence-electron chi connectivity index (χ3n) is 6.15. The molecule has 3 aliphatic rings. The fraction of sp³-hybridized carbons (Fsp3) is 0.304. The molecule has 2 heterocycles. The number of fused-ring (bicyclic) bond motifs is 4. The summed E-state index contributed by atoms with van der Waals surface area (Å²) in [5.74, 6) is -1.97. The predicted octanol–water partition coefficient (Wildman–Crippen LogP) is 3.22. The zero-order valence-electron chi connectivity index (χ0n) is 15.5.